The van der Waals surface area contributed by atoms with Crippen LogP contribution in [0.5, 0.6) is 0 Å². The minimum absolute atomic E-state index is 0.632. The fourth-order valence-corrected chi connectivity index (χ4v) is 6.12. The molecular weight excluding hydrogens is 544 g/mol. The minimum Gasteiger partial charge on any atom is -0.381 e. The van der Waals surface area contributed by atoms with Crippen molar-refractivity contribution in [2.45, 2.75) is 116 Å². The lowest BCUT2D eigenvalue weighted by Crippen LogP contribution is -2.54. The number of unbranched alkanes of at least 4 members (excludes halogenated alkanes) is 6. The summed E-state index contributed by atoms with van der Waals surface area (Å²) >= 11 is 0. The lowest BCUT2D eigenvalue weighted by Gasteiger charge is -2.47. The molecule has 9 heteroatoms. The molecule has 0 amide bonds. The Morgan fingerprint density at radius 1 is 0.698 bits per heavy atom. The van der Waals surface area contributed by atoms with Gasteiger partial charge < -0.3 is 29.0 Å². The van der Waals surface area contributed by atoms with Gasteiger partial charge in [-0.1, -0.05) is 37.8 Å². The van der Waals surface area contributed by atoms with Crippen LogP contribution in [0.25, 0.3) is 0 Å². The van der Waals surface area contributed by atoms with Crippen molar-refractivity contribution >= 4 is 0 Å². The molecule has 1 aromatic rings. The van der Waals surface area contributed by atoms with Gasteiger partial charge in [-0.05, 0) is 88.4 Å². The van der Waals surface area contributed by atoms with E-state index in [-0.39, 0.29) is 0 Å². The van der Waals surface area contributed by atoms with Gasteiger partial charge in [0.1, 0.15) is 0 Å². The Hall–Kier alpha value is -1.10. The molecule has 1 aromatic heterocycles. The molecule has 1 spiro atoms. The summed E-state index contributed by atoms with van der Waals surface area (Å²) in [7, 11) is 0. The number of nitrogens with one attached hydrogen (secondary N) is 1. The van der Waals surface area contributed by atoms with E-state index in [4.69, 9.17) is 23.7 Å². The molecule has 43 heavy (non-hydrogen) atoms. The van der Waals surface area contributed by atoms with Gasteiger partial charge in [0.2, 0.25) is 0 Å². The Labute approximate surface area is 262 Å². The van der Waals surface area contributed by atoms with Gasteiger partial charge in [0.05, 0.1) is 45.3 Å². The van der Waals surface area contributed by atoms with Crippen LogP contribution in [0.15, 0.2) is 6.20 Å². The third-order valence-electron chi connectivity index (χ3n) is 9.01. The van der Waals surface area contributed by atoms with Crippen molar-refractivity contribution in [3.63, 3.8) is 0 Å². The first-order chi connectivity index (χ1) is 21.3. The first kappa shape index (κ1) is 36.4. The van der Waals surface area contributed by atoms with Crippen molar-refractivity contribution in [2.24, 2.45) is 11.3 Å². The van der Waals surface area contributed by atoms with Crippen molar-refractivity contribution in [1.29, 1.82) is 0 Å². The summed E-state index contributed by atoms with van der Waals surface area (Å²) in [5.74, 6) is 0.920. The smallest absolute Gasteiger partial charge is 0.0827 e. The van der Waals surface area contributed by atoms with Gasteiger partial charge in [-0.3, -0.25) is 0 Å². The van der Waals surface area contributed by atoms with Crippen molar-refractivity contribution in [3.05, 3.63) is 11.9 Å². The molecule has 0 unspecified atom stereocenters. The van der Waals surface area contributed by atoms with Gasteiger partial charge >= 0.3 is 0 Å². The normalized spacial score (nSPS) is 16.7. The van der Waals surface area contributed by atoms with Crippen LogP contribution in [0.2, 0.25) is 0 Å². The number of ether oxygens (including phenoxy) is 5. The molecule has 3 rings (SSSR count). The zero-order valence-corrected chi connectivity index (χ0v) is 27.5. The largest absolute Gasteiger partial charge is 0.381 e. The highest BCUT2D eigenvalue weighted by Crippen LogP contribution is 2.42. The van der Waals surface area contributed by atoms with Crippen LogP contribution in [-0.4, -0.2) is 94.2 Å². The Balaban J connectivity index is 0.989. The SMILES string of the molecule is CCCOCCCCCCCCOCCn1cc(CCCCOCCOCCOCCCC2CCC3(CC2)CNC3)nn1. The third kappa shape index (κ3) is 17.2. The summed E-state index contributed by atoms with van der Waals surface area (Å²) < 4.78 is 30.3. The van der Waals surface area contributed by atoms with Gasteiger partial charge in [0.25, 0.3) is 0 Å². The first-order valence-corrected chi connectivity index (χ1v) is 17.8. The lowest BCUT2D eigenvalue weighted by atomic mass is 9.66. The topological polar surface area (TPSA) is 88.9 Å². The van der Waals surface area contributed by atoms with Crippen molar-refractivity contribution < 1.29 is 23.7 Å². The lowest BCUT2D eigenvalue weighted by molar-refractivity contribution is 0.0120. The molecule has 0 radical (unpaired) electrons. The fourth-order valence-electron chi connectivity index (χ4n) is 6.12. The maximum atomic E-state index is 5.79. The summed E-state index contributed by atoms with van der Waals surface area (Å²) in [5.41, 5.74) is 1.72. The molecule has 1 aliphatic carbocycles. The van der Waals surface area contributed by atoms with E-state index in [0.717, 1.165) is 83.3 Å². The van der Waals surface area contributed by atoms with E-state index < -0.39 is 0 Å². The molecule has 1 N–H and O–H groups in total. The second-order valence-corrected chi connectivity index (χ2v) is 12.8. The van der Waals surface area contributed by atoms with E-state index in [0.29, 0.717) is 38.4 Å². The maximum Gasteiger partial charge on any atom is 0.0827 e. The number of hydrogen-bond acceptors (Lipinski definition) is 8. The number of nitrogens with zero attached hydrogens (tertiary/aromatic N) is 3. The van der Waals surface area contributed by atoms with E-state index in [2.05, 4.69) is 22.6 Å². The van der Waals surface area contributed by atoms with Crippen molar-refractivity contribution in [3.8, 4) is 0 Å². The second-order valence-electron chi connectivity index (χ2n) is 12.8. The number of aryl methyl sites for hydroxylation is 1. The molecule has 1 saturated carbocycles. The highest BCUT2D eigenvalue weighted by Gasteiger charge is 2.39. The number of rotatable bonds is 29. The standard InChI is InChI=1S/C34H64N4O5/c1-2-19-39-20-8-5-3-4-6-9-21-40-24-18-38-29-33(36-37-38)13-7-10-22-41-25-27-43-28-26-42-23-11-12-32-14-16-34(17-15-32)30-35-31-34/h29,32,35H,2-28,30-31H2,1H3. The average molecular weight is 609 g/mol. The Kier molecular flexibility index (Phi) is 20.4. The van der Waals surface area contributed by atoms with Crippen LogP contribution in [0.4, 0.5) is 0 Å². The highest BCUT2D eigenvalue weighted by molar-refractivity contribution is 4.95. The quantitative estimate of drug-likeness (QED) is 0.111. The van der Waals surface area contributed by atoms with Gasteiger partial charge in [-0.15, -0.1) is 5.10 Å². The zero-order chi connectivity index (χ0) is 30.1. The van der Waals surface area contributed by atoms with E-state index in [1.807, 2.05) is 10.9 Å². The second kappa shape index (κ2) is 24.2. The number of aromatic nitrogens is 3. The molecule has 0 aromatic carbocycles. The third-order valence-corrected chi connectivity index (χ3v) is 9.01. The Bertz CT molecular complexity index is 766. The zero-order valence-electron chi connectivity index (χ0n) is 27.5. The first-order valence-electron chi connectivity index (χ1n) is 17.8. The average Bonchev–Trinajstić information content (AvgIpc) is 3.46. The molecule has 2 fully saturated rings. The van der Waals surface area contributed by atoms with Gasteiger partial charge in [-0.25, -0.2) is 4.68 Å². The van der Waals surface area contributed by atoms with Crippen LogP contribution in [-0.2, 0) is 36.6 Å². The molecule has 9 nitrogen and oxygen atoms in total. The van der Waals surface area contributed by atoms with E-state index in [9.17, 15) is 0 Å². The summed E-state index contributed by atoms with van der Waals surface area (Å²) in [6, 6.07) is 0. The van der Waals surface area contributed by atoms with E-state index in [1.54, 1.807) is 0 Å². The van der Waals surface area contributed by atoms with Crippen molar-refractivity contribution in [1.82, 2.24) is 20.3 Å². The van der Waals surface area contributed by atoms with Crippen LogP contribution in [0.1, 0.15) is 109 Å². The Morgan fingerprint density at radius 2 is 1.26 bits per heavy atom. The van der Waals surface area contributed by atoms with Gasteiger partial charge in [0, 0.05) is 52.3 Å². The summed E-state index contributed by atoms with van der Waals surface area (Å²) in [4.78, 5) is 0. The minimum atomic E-state index is 0.632. The maximum absolute atomic E-state index is 5.79. The van der Waals surface area contributed by atoms with Crippen LogP contribution >= 0.6 is 0 Å². The van der Waals surface area contributed by atoms with Gasteiger partial charge in [-0.2, -0.15) is 0 Å². The predicted molar refractivity (Wildman–Crippen MR) is 172 cm³/mol. The molecule has 0 atom stereocenters. The molecule has 1 aliphatic heterocycles. The number of hydrogen-bond donors (Lipinski definition) is 1. The van der Waals surface area contributed by atoms with E-state index in [1.165, 1.54) is 83.7 Å². The summed E-state index contributed by atoms with van der Waals surface area (Å²) in [6.07, 6.45) is 21.8. The fraction of sp³-hybridized carbons (Fsp3) is 0.941. The molecule has 2 heterocycles. The highest BCUT2D eigenvalue weighted by atomic mass is 16.5. The molecule has 0 bridgehead atoms. The molecule has 250 valence electrons. The van der Waals surface area contributed by atoms with Crippen molar-refractivity contribution in [2.75, 3.05) is 79.2 Å². The van der Waals surface area contributed by atoms with Crippen LogP contribution in [0, 0.1) is 11.3 Å². The molecule has 2 aliphatic rings. The molecule has 1 saturated heterocycles. The predicted octanol–water partition coefficient (Wildman–Crippen LogP) is 5.99. The summed E-state index contributed by atoms with van der Waals surface area (Å²) in [5, 5.41) is 12.0. The van der Waals surface area contributed by atoms with Gasteiger partial charge in [0.15, 0.2) is 0 Å². The molecular formula is C34H64N4O5. The van der Waals surface area contributed by atoms with Crippen LogP contribution < -0.4 is 5.32 Å². The monoisotopic (exact) mass is 608 g/mol. The van der Waals surface area contributed by atoms with Crippen LogP contribution in [0.3, 0.4) is 0 Å². The van der Waals surface area contributed by atoms with E-state index >= 15 is 0 Å². The Morgan fingerprint density at radius 3 is 1.88 bits per heavy atom. The summed E-state index contributed by atoms with van der Waals surface area (Å²) in [6.45, 7) is 13.0.